The van der Waals surface area contributed by atoms with Gasteiger partial charge in [0.05, 0.1) is 18.1 Å². The van der Waals surface area contributed by atoms with Gasteiger partial charge in [-0.3, -0.25) is 9.98 Å². The zero-order valence-corrected chi connectivity index (χ0v) is 18.4. The van der Waals surface area contributed by atoms with E-state index in [4.69, 9.17) is 0 Å². The molecule has 3 aromatic rings. The number of fused-ring (bicyclic) bond motifs is 1. The number of aromatic amines is 1. The zero-order valence-electron chi connectivity index (χ0n) is 18.4. The predicted octanol–water partition coefficient (Wildman–Crippen LogP) is 4.84. The molecule has 0 spiro atoms. The molecule has 0 aromatic carbocycles. The van der Waals surface area contributed by atoms with Crippen LogP contribution in [0.5, 0.6) is 0 Å². The fourth-order valence-electron chi connectivity index (χ4n) is 4.01. The van der Waals surface area contributed by atoms with E-state index in [0.29, 0.717) is 28.8 Å². The van der Waals surface area contributed by atoms with Gasteiger partial charge in [0.25, 0.3) is 0 Å². The van der Waals surface area contributed by atoms with E-state index in [-0.39, 0.29) is 5.82 Å². The number of aliphatic imine (C=N–C) groups is 1. The summed E-state index contributed by atoms with van der Waals surface area (Å²) in [5, 5.41) is 7.81. The first-order chi connectivity index (χ1) is 15.5. The third kappa shape index (κ3) is 5.19. The number of nitrogens with one attached hydrogen (secondary N) is 3. The molecule has 3 aromatic heterocycles. The van der Waals surface area contributed by atoms with Gasteiger partial charge < -0.3 is 15.6 Å². The Bertz CT molecular complexity index is 1150. The molecule has 8 heteroatoms. The summed E-state index contributed by atoms with van der Waals surface area (Å²) in [5.41, 5.74) is 4.02. The van der Waals surface area contributed by atoms with Crippen molar-refractivity contribution in [1.82, 2.24) is 25.3 Å². The van der Waals surface area contributed by atoms with Crippen LogP contribution >= 0.6 is 0 Å². The van der Waals surface area contributed by atoms with Crippen molar-refractivity contribution in [2.75, 3.05) is 5.32 Å². The molecule has 0 amide bonds. The van der Waals surface area contributed by atoms with Gasteiger partial charge in [0.15, 0.2) is 0 Å². The number of hydrogen-bond donors (Lipinski definition) is 3. The van der Waals surface area contributed by atoms with Gasteiger partial charge in [-0.25, -0.2) is 14.4 Å². The van der Waals surface area contributed by atoms with Crippen molar-refractivity contribution in [2.24, 2.45) is 4.99 Å². The van der Waals surface area contributed by atoms with Crippen LogP contribution in [-0.2, 0) is 0 Å². The molecule has 1 saturated carbocycles. The van der Waals surface area contributed by atoms with Crippen LogP contribution in [0.1, 0.15) is 45.1 Å². The largest absolute Gasteiger partial charge is 0.386 e. The topological polar surface area (TPSA) is 90.9 Å². The van der Waals surface area contributed by atoms with Crippen LogP contribution in [0.25, 0.3) is 16.7 Å². The molecule has 1 aliphatic rings. The number of hydrogen-bond acceptors (Lipinski definition) is 6. The number of nitrogens with zero attached hydrogens (tertiary/aromatic N) is 4. The lowest BCUT2D eigenvalue weighted by molar-refractivity contribution is 0.370. The monoisotopic (exact) mass is 433 g/mol. The lowest BCUT2D eigenvalue weighted by atomic mass is 9.90. The normalized spacial score (nSPS) is 19.7. The molecule has 166 valence electrons. The summed E-state index contributed by atoms with van der Waals surface area (Å²) in [6.45, 7) is 8.13. The average Bonchev–Trinajstić information content (AvgIpc) is 3.21. The quantitative estimate of drug-likeness (QED) is 0.464. The number of H-pyrrole nitrogens is 1. The molecule has 2 atom stereocenters. The molecule has 3 N–H and O–H groups in total. The van der Waals surface area contributed by atoms with E-state index in [1.807, 2.05) is 6.92 Å². The molecule has 7 nitrogen and oxygen atoms in total. The van der Waals surface area contributed by atoms with Crippen LogP contribution in [0.3, 0.4) is 0 Å². The number of anilines is 1. The Kier molecular flexibility index (Phi) is 6.58. The first kappa shape index (κ1) is 21.7. The molecule has 0 saturated heterocycles. The molecule has 0 unspecified atom stereocenters. The lowest BCUT2D eigenvalue weighted by Crippen LogP contribution is -2.38. The second-order valence-corrected chi connectivity index (χ2v) is 8.20. The van der Waals surface area contributed by atoms with Crippen LogP contribution in [0.15, 0.2) is 59.9 Å². The Morgan fingerprint density at radius 2 is 2.06 bits per heavy atom. The summed E-state index contributed by atoms with van der Waals surface area (Å²) in [7, 11) is 0. The van der Waals surface area contributed by atoms with Gasteiger partial charge in [0.2, 0.25) is 0 Å². The van der Waals surface area contributed by atoms with Gasteiger partial charge in [-0.2, -0.15) is 0 Å². The highest BCUT2D eigenvalue weighted by atomic mass is 19.1. The second kappa shape index (κ2) is 9.72. The van der Waals surface area contributed by atoms with Crippen molar-refractivity contribution in [3.05, 3.63) is 66.3 Å². The minimum absolute atomic E-state index is 0.371. The van der Waals surface area contributed by atoms with Crippen molar-refractivity contribution in [2.45, 2.75) is 51.6 Å². The molecule has 3 heterocycles. The van der Waals surface area contributed by atoms with Crippen LogP contribution < -0.4 is 10.6 Å². The van der Waals surface area contributed by atoms with Crippen molar-refractivity contribution >= 4 is 28.8 Å². The maximum absolute atomic E-state index is 13.6. The maximum atomic E-state index is 13.6. The van der Waals surface area contributed by atoms with E-state index in [0.717, 1.165) is 48.3 Å². The molecule has 1 fully saturated rings. The smallest absolute Gasteiger partial charge is 0.144 e. The van der Waals surface area contributed by atoms with Gasteiger partial charge in [0, 0.05) is 53.5 Å². The summed E-state index contributed by atoms with van der Waals surface area (Å²) in [4.78, 5) is 20.0. The standard InChI is InChI=1S/C24H28FN7/c1-15(11-28-17(3)22-13-30-24-21(22)9-18(25)12-29-24)16(2)31-19-5-4-6-20(10-19)32-23-14-26-7-8-27-23/h7-9,11-14,19-20,31H,3-6,10H2,1-2H3,(H,27,32)(H,29,30)/b16-15+,28-11-/t19-,20+/m0/s1. The van der Waals surface area contributed by atoms with E-state index in [1.165, 1.54) is 12.3 Å². The van der Waals surface area contributed by atoms with Gasteiger partial charge in [0.1, 0.15) is 17.3 Å². The molecule has 1 aliphatic carbocycles. The van der Waals surface area contributed by atoms with Crippen LogP contribution in [-0.4, -0.2) is 38.2 Å². The molecule has 0 aliphatic heterocycles. The average molecular weight is 434 g/mol. The minimum Gasteiger partial charge on any atom is -0.386 e. The first-order valence-electron chi connectivity index (χ1n) is 10.8. The van der Waals surface area contributed by atoms with Gasteiger partial charge in [-0.15, -0.1) is 0 Å². The third-order valence-electron chi connectivity index (χ3n) is 5.82. The number of aromatic nitrogens is 4. The Balaban J connectivity index is 1.38. The van der Waals surface area contributed by atoms with Crippen molar-refractivity contribution in [1.29, 1.82) is 0 Å². The van der Waals surface area contributed by atoms with Crippen molar-refractivity contribution in [3.8, 4) is 0 Å². The van der Waals surface area contributed by atoms with Crippen LogP contribution in [0, 0.1) is 5.82 Å². The van der Waals surface area contributed by atoms with E-state index in [2.05, 4.69) is 49.1 Å². The summed E-state index contributed by atoms with van der Waals surface area (Å²) in [6, 6.07) is 2.20. The maximum Gasteiger partial charge on any atom is 0.144 e. The minimum atomic E-state index is -0.383. The molecule has 4 rings (SSSR count). The third-order valence-corrected chi connectivity index (χ3v) is 5.82. The Morgan fingerprint density at radius 3 is 2.88 bits per heavy atom. The number of rotatable bonds is 7. The van der Waals surface area contributed by atoms with Crippen LogP contribution in [0.4, 0.5) is 10.2 Å². The fraction of sp³-hybridized carbons (Fsp3) is 0.333. The van der Waals surface area contributed by atoms with E-state index in [9.17, 15) is 4.39 Å². The number of allylic oxidation sites excluding steroid dienone is 2. The summed E-state index contributed by atoms with van der Waals surface area (Å²) >= 11 is 0. The van der Waals surface area contributed by atoms with Gasteiger partial charge in [-0.1, -0.05) is 6.58 Å². The van der Waals surface area contributed by atoms with E-state index in [1.54, 1.807) is 31.0 Å². The Labute approximate surface area is 187 Å². The molecular formula is C24H28FN7. The second-order valence-electron chi connectivity index (χ2n) is 8.20. The van der Waals surface area contributed by atoms with Crippen LogP contribution in [0.2, 0.25) is 0 Å². The lowest BCUT2D eigenvalue weighted by Gasteiger charge is -2.31. The van der Waals surface area contributed by atoms with Gasteiger partial charge in [-0.05, 0) is 51.2 Å². The number of halogens is 1. The molecule has 0 radical (unpaired) electrons. The fourth-order valence-corrected chi connectivity index (χ4v) is 4.01. The molecule has 32 heavy (non-hydrogen) atoms. The van der Waals surface area contributed by atoms with Crippen molar-refractivity contribution < 1.29 is 4.39 Å². The van der Waals surface area contributed by atoms with E-state index >= 15 is 0 Å². The number of pyridine rings is 1. The van der Waals surface area contributed by atoms with E-state index < -0.39 is 0 Å². The highest BCUT2D eigenvalue weighted by Crippen LogP contribution is 2.25. The highest BCUT2D eigenvalue weighted by Gasteiger charge is 2.22. The molecular weight excluding hydrogens is 405 g/mol. The highest BCUT2D eigenvalue weighted by molar-refractivity contribution is 5.93. The molecule has 0 bridgehead atoms. The summed E-state index contributed by atoms with van der Waals surface area (Å²) < 4.78 is 13.6. The first-order valence-corrected chi connectivity index (χ1v) is 10.8. The zero-order chi connectivity index (χ0) is 22.5. The Hall–Kier alpha value is -3.55. The SMILES string of the molecule is C=C(/N=C\C(C)=C(/C)N[C@H]1CCC[C@@H](Nc2cnccn2)C1)c1c[nH]c2ncc(F)cc12. The van der Waals surface area contributed by atoms with Gasteiger partial charge >= 0.3 is 0 Å². The summed E-state index contributed by atoms with van der Waals surface area (Å²) in [5.74, 6) is 0.436. The Morgan fingerprint density at radius 1 is 1.22 bits per heavy atom. The predicted molar refractivity (Wildman–Crippen MR) is 127 cm³/mol. The van der Waals surface area contributed by atoms with Crippen molar-refractivity contribution in [3.63, 3.8) is 0 Å². The summed E-state index contributed by atoms with van der Waals surface area (Å²) in [6.07, 6.45) is 14.3.